The SMILES string of the molecule is Cc1ccc(-c2nc3ccccc3s2)cc1NC(=O)C=Cc1ccc(Cl)cc1. The molecule has 0 bridgehead atoms. The van der Waals surface area contributed by atoms with Gasteiger partial charge in [-0.25, -0.2) is 4.98 Å². The van der Waals surface area contributed by atoms with Gasteiger partial charge >= 0.3 is 0 Å². The van der Waals surface area contributed by atoms with Gasteiger partial charge in [-0.05, 0) is 54.5 Å². The van der Waals surface area contributed by atoms with E-state index >= 15 is 0 Å². The molecule has 0 radical (unpaired) electrons. The topological polar surface area (TPSA) is 42.0 Å². The average Bonchev–Trinajstić information content (AvgIpc) is 3.13. The molecule has 0 aliphatic rings. The highest BCUT2D eigenvalue weighted by Crippen LogP contribution is 2.32. The van der Waals surface area contributed by atoms with Gasteiger partial charge in [0, 0.05) is 22.3 Å². The fourth-order valence-electron chi connectivity index (χ4n) is 2.81. The molecule has 1 N–H and O–H groups in total. The van der Waals surface area contributed by atoms with Crippen molar-refractivity contribution in [3.05, 3.63) is 89.0 Å². The fourth-order valence-corrected chi connectivity index (χ4v) is 3.89. The average molecular weight is 405 g/mol. The van der Waals surface area contributed by atoms with Gasteiger partial charge in [0.2, 0.25) is 5.91 Å². The molecule has 0 aliphatic heterocycles. The first-order valence-corrected chi connectivity index (χ1v) is 9.99. The smallest absolute Gasteiger partial charge is 0.248 e. The Labute approximate surface area is 172 Å². The number of nitrogens with zero attached hydrogens (tertiary/aromatic N) is 1. The Hall–Kier alpha value is -2.95. The zero-order valence-corrected chi connectivity index (χ0v) is 16.7. The van der Waals surface area contributed by atoms with E-state index in [0.717, 1.165) is 37.6 Å². The fraction of sp³-hybridized carbons (Fsp3) is 0.0435. The van der Waals surface area contributed by atoms with Crippen LogP contribution in [0.1, 0.15) is 11.1 Å². The maximum absolute atomic E-state index is 12.4. The normalized spacial score (nSPS) is 11.2. The molecule has 0 spiro atoms. The van der Waals surface area contributed by atoms with Crippen LogP contribution in [0.4, 0.5) is 5.69 Å². The third-order valence-corrected chi connectivity index (χ3v) is 5.67. The summed E-state index contributed by atoms with van der Waals surface area (Å²) in [7, 11) is 0. The van der Waals surface area contributed by atoms with Crippen molar-refractivity contribution in [2.24, 2.45) is 0 Å². The van der Waals surface area contributed by atoms with E-state index < -0.39 is 0 Å². The molecule has 28 heavy (non-hydrogen) atoms. The van der Waals surface area contributed by atoms with Crippen LogP contribution in [-0.4, -0.2) is 10.9 Å². The molecule has 0 atom stereocenters. The minimum atomic E-state index is -0.181. The van der Waals surface area contributed by atoms with Gasteiger partial charge in [0.25, 0.3) is 0 Å². The van der Waals surface area contributed by atoms with E-state index in [1.165, 1.54) is 6.08 Å². The van der Waals surface area contributed by atoms with E-state index in [2.05, 4.69) is 11.4 Å². The number of halogens is 1. The maximum Gasteiger partial charge on any atom is 0.248 e. The van der Waals surface area contributed by atoms with Gasteiger partial charge in [-0.2, -0.15) is 0 Å². The van der Waals surface area contributed by atoms with Gasteiger partial charge in [0.05, 0.1) is 10.2 Å². The second-order valence-electron chi connectivity index (χ2n) is 6.39. The summed E-state index contributed by atoms with van der Waals surface area (Å²) in [5.41, 5.74) is 4.67. The molecule has 0 saturated heterocycles. The van der Waals surface area contributed by atoms with Crippen molar-refractivity contribution >= 4 is 50.8 Å². The maximum atomic E-state index is 12.4. The van der Waals surface area contributed by atoms with E-state index in [1.54, 1.807) is 29.5 Å². The number of aryl methyl sites for hydroxylation is 1. The lowest BCUT2D eigenvalue weighted by atomic mass is 10.1. The van der Waals surface area contributed by atoms with Crippen molar-refractivity contribution in [2.45, 2.75) is 6.92 Å². The van der Waals surface area contributed by atoms with E-state index in [4.69, 9.17) is 16.6 Å². The number of fused-ring (bicyclic) bond motifs is 1. The summed E-state index contributed by atoms with van der Waals surface area (Å²) in [4.78, 5) is 17.1. The molecule has 3 aromatic carbocycles. The number of rotatable bonds is 4. The van der Waals surface area contributed by atoms with Gasteiger partial charge < -0.3 is 5.32 Å². The molecule has 0 unspecified atom stereocenters. The monoisotopic (exact) mass is 404 g/mol. The number of hydrogen-bond donors (Lipinski definition) is 1. The van der Waals surface area contributed by atoms with E-state index in [-0.39, 0.29) is 5.91 Å². The van der Waals surface area contributed by atoms with E-state index in [9.17, 15) is 4.79 Å². The lowest BCUT2D eigenvalue weighted by Gasteiger charge is -2.08. The number of carbonyl (C=O) groups excluding carboxylic acids is 1. The number of thiazole rings is 1. The summed E-state index contributed by atoms with van der Waals surface area (Å²) < 4.78 is 1.15. The highest BCUT2D eigenvalue weighted by Gasteiger charge is 2.09. The van der Waals surface area contributed by atoms with Crippen LogP contribution in [0.3, 0.4) is 0 Å². The standard InChI is InChI=1S/C23H17ClN2OS/c1-15-6-10-17(23-26-19-4-2-3-5-21(19)28-23)14-20(15)25-22(27)13-9-16-7-11-18(24)12-8-16/h2-14H,1H3,(H,25,27). The van der Waals surface area contributed by atoms with Crippen LogP contribution in [0.15, 0.2) is 72.8 Å². The highest BCUT2D eigenvalue weighted by molar-refractivity contribution is 7.21. The molecule has 1 amide bonds. The Balaban J connectivity index is 1.55. The summed E-state index contributed by atoms with van der Waals surface area (Å²) in [6.07, 6.45) is 3.28. The second-order valence-corrected chi connectivity index (χ2v) is 7.86. The van der Waals surface area contributed by atoms with E-state index in [1.807, 2.05) is 55.5 Å². The zero-order chi connectivity index (χ0) is 19.5. The van der Waals surface area contributed by atoms with Crippen LogP contribution in [0.5, 0.6) is 0 Å². The number of hydrogen-bond acceptors (Lipinski definition) is 3. The van der Waals surface area contributed by atoms with Crippen LogP contribution < -0.4 is 5.32 Å². The minimum absolute atomic E-state index is 0.181. The molecule has 4 rings (SSSR count). The Morgan fingerprint density at radius 1 is 1.07 bits per heavy atom. The number of para-hydroxylation sites is 1. The molecular weight excluding hydrogens is 388 g/mol. The number of amides is 1. The lowest BCUT2D eigenvalue weighted by molar-refractivity contribution is -0.111. The lowest BCUT2D eigenvalue weighted by Crippen LogP contribution is -2.09. The third kappa shape index (κ3) is 4.14. The van der Waals surface area contributed by atoms with Crippen LogP contribution >= 0.6 is 22.9 Å². The van der Waals surface area contributed by atoms with Gasteiger partial charge in [0.15, 0.2) is 0 Å². The summed E-state index contributed by atoms with van der Waals surface area (Å²) in [6.45, 7) is 1.97. The number of carbonyl (C=O) groups is 1. The van der Waals surface area contributed by atoms with Gasteiger partial charge in [-0.15, -0.1) is 11.3 Å². The summed E-state index contributed by atoms with van der Waals surface area (Å²) in [5.74, 6) is -0.181. The van der Waals surface area contributed by atoms with Crippen LogP contribution in [-0.2, 0) is 4.79 Å². The molecule has 1 aromatic heterocycles. The summed E-state index contributed by atoms with van der Waals surface area (Å²) in [6, 6.07) is 21.4. The van der Waals surface area contributed by atoms with Crippen molar-refractivity contribution < 1.29 is 4.79 Å². The summed E-state index contributed by atoms with van der Waals surface area (Å²) in [5, 5.41) is 4.57. The molecule has 138 valence electrons. The molecule has 3 nitrogen and oxygen atoms in total. The number of nitrogens with one attached hydrogen (secondary N) is 1. The van der Waals surface area contributed by atoms with Crippen molar-refractivity contribution in [3.8, 4) is 10.6 Å². The Morgan fingerprint density at radius 2 is 1.86 bits per heavy atom. The van der Waals surface area contributed by atoms with Crippen molar-refractivity contribution in [2.75, 3.05) is 5.32 Å². The molecular formula is C23H17ClN2OS. The van der Waals surface area contributed by atoms with Crippen LogP contribution in [0.2, 0.25) is 5.02 Å². The van der Waals surface area contributed by atoms with Crippen molar-refractivity contribution in [1.29, 1.82) is 0 Å². The quantitative estimate of drug-likeness (QED) is 0.390. The second kappa shape index (κ2) is 7.97. The predicted octanol–water partition coefficient (Wildman–Crippen LogP) is 6.58. The molecule has 4 aromatic rings. The number of aromatic nitrogens is 1. The van der Waals surface area contributed by atoms with Crippen molar-refractivity contribution in [3.63, 3.8) is 0 Å². The zero-order valence-electron chi connectivity index (χ0n) is 15.1. The first-order chi connectivity index (χ1) is 13.6. The largest absolute Gasteiger partial charge is 0.322 e. The first kappa shape index (κ1) is 18.4. The van der Waals surface area contributed by atoms with Crippen molar-refractivity contribution in [1.82, 2.24) is 4.98 Å². The first-order valence-electron chi connectivity index (χ1n) is 8.80. The number of anilines is 1. The molecule has 0 saturated carbocycles. The highest BCUT2D eigenvalue weighted by atomic mass is 35.5. The molecule has 0 fully saturated rings. The minimum Gasteiger partial charge on any atom is -0.322 e. The molecule has 0 aliphatic carbocycles. The Kier molecular flexibility index (Phi) is 5.24. The summed E-state index contributed by atoms with van der Waals surface area (Å²) >= 11 is 7.53. The van der Waals surface area contributed by atoms with Gasteiger partial charge in [-0.3, -0.25) is 4.79 Å². The van der Waals surface area contributed by atoms with Crippen LogP contribution in [0.25, 0.3) is 26.9 Å². The molecule has 5 heteroatoms. The van der Waals surface area contributed by atoms with Gasteiger partial charge in [-0.1, -0.05) is 48.0 Å². The van der Waals surface area contributed by atoms with Gasteiger partial charge in [0.1, 0.15) is 5.01 Å². The van der Waals surface area contributed by atoms with E-state index in [0.29, 0.717) is 5.02 Å². The predicted molar refractivity (Wildman–Crippen MR) is 119 cm³/mol. The Morgan fingerprint density at radius 3 is 2.64 bits per heavy atom. The van der Waals surface area contributed by atoms with Crippen LogP contribution in [0, 0.1) is 6.92 Å². The Bertz CT molecular complexity index is 1150. The number of benzene rings is 3. The molecule has 1 heterocycles. The third-order valence-electron chi connectivity index (χ3n) is 4.33.